The van der Waals surface area contributed by atoms with E-state index in [0.717, 1.165) is 16.7 Å². The van der Waals surface area contributed by atoms with Gasteiger partial charge in [-0.05, 0) is 37.1 Å². The molecule has 3 aromatic rings. The Bertz CT molecular complexity index is 968. The predicted molar refractivity (Wildman–Crippen MR) is 97.2 cm³/mol. The van der Waals surface area contributed by atoms with E-state index < -0.39 is 11.3 Å². The van der Waals surface area contributed by atoms with Crippen molar-refractivity contribution in [3.63, 3.8) is 0 Å². The zero-order chi connectivity index (χ0) is 18.3. The molecule has 1 aromatic carbocycles. The van der Waals surface area contributed by atoms with Crippen molar-refractivity contribution < 1.29 is 9.47 Å². The van der Waals surface area contributed by atoms with E-state index in [1.807, 2.05) is 36.4 Å². The van der Waals surface area contributed by atoms with Crippen LogP contribution in [0.25, 0.3) is 16.7 Å². The summed E-state index contributed by atoms with van der Waals surface area (Å²) in [7, 11) is 0. The SMILES string of the molecule is O=NC1(c2ccc(-n3nnc4ccccc43)cn2)CCC2(CC1)OCCO2. The van der Waals surface area contributed by atoms with Gasteiger partial charge in [-0.25, -0.2) is 4.68 Å². The van der Waals surface area contributed by atoms with E-state index >= 15 is 0 Å². The average molecular weight is 365 g/mol. The molecule has 0 atom stereocenters. The topological polar surface area (TPSA) is 91.5 Å². The summed E-state index contributed by atoms with van der Waals surface area (Å²) in [6.45, 7) is 1.22. The summed E-state index contributed by atoms with van der Waals surface area (Å²) in [6.07, 6.45) is 4.15. The zero-order valence-electron chi connectivity index (χ0n) is 14.7. The van der Waals surface area contributed by atoms with Gasteiger partial charge < -0.3 is 9.47 Å². The number of rotatable bonds is 3. The highest BCUT2D eigenvalue weighted by molar-refractivity contribution is 5.75. The number of hydrogen-bond acceptors (Lipinski definition) is 7. The summed E-state index contributed by atoms with van der Waals surface area (Å²) in [5.74, 6) is -0.534. The molecule has 0 bridgehead atoms. The fourth-order valence-corrected chi connectivity index (χ4v) is 4.07. The molecular weight excluding hydrogens is 346 g/mol. The summed E-state index contributed by atoms with van der Waals surface area (Å²) in [6, 6.07) is 11.5. The molecule has 2 aromatic heterocycles. The molecule has 8 heteroatoms. The van der Waals surface area contributed by atoms with Crippen molar-refractivity contribution in [1.82, 2.24) is 20.0 Å². The third-order valence-corrected chi connectivity index (χ3v) is 5.65. The van der Waals surface area contributed by atoms with Crippen LogP contribution in [-0.4, -0.2) is 39.0 Å². The standard InChI is InChI=1S/C19H19N5O3/c25-22-18(7-9-19(10-8-18)26-11-12-27-19)17-6-5-14(13-20-17)24-16-4-2-1-3-15(16)21-23-24/h1-6,13H,7-12H2. The first-order valence-corrected chi connectivity index (χ1v) is 9.14. The van der Waals surface area contributed by atoms with Crippen LogP contribution in [0.5, 0.6) is 0 Å². The second-order valence-corrected chi connectivity index (χ2v) is 7.12. The highest BCUT2D eigenvalue weighted by atomic mass is 16.7. The monoisotopic (exact) mass is 365 g/mol. The Kier molecular flexibility index (Phi) is 3.76. The number of aromatic nitrogens is 4. The molecule has 1 spiro atoms. The van der Waals surface area contributed by atoms with E-state index in [0.29, 0.717) is 44.6 Å². The molecule has 138 valence electrons. The Morgan fingerprint density at radius 1 is 1.00 bits per heavy atom. The first-order chi connectivity index (χ1) is 13.2. The maximum atomic E-state index is 11.8. The Morgan fingerprint density at radius 2 is 1.78 bits per heavy atom. The third-order valence-electron chi connectivity index (χ3n) is 5.65. The lowest BCUT2D eigenvalue weighted by molar-refractivity contribution is -0.185. The van der Waals surface area contributed by atoms with E-state index in [9.17, 15) is 4.91 Å². The number of benzene rings is 1. The van der Waals surface area contributed by atoms with Crippen LogP contribution < -0.4 is 0 Å². The second-order valence-electron chi connectivity index (χ2n) is 7.12. The molecule has 0 radical (unpaired) electrons. The number of hydrogen-bond donors (Lipinski definition) is 0. The minimum Gasteiger partial charge on any atom is -0.348 e. The quantitative estimate of drug-likeness (QED) is 0.662. The Labute approximate surface area is 155 Å². The second kappa shape index (κ2) is 6.17. The summed E-state index contributed by atoms with van der Waals surface area (Å²) >= 11 is 0. The number of fused-ring (bicyclic) bond motifs is 1. The lowest BCUT2D eigenvalue weighted by Crippen LogP contribution is -2.41. The van der Waals surface area contributed by atoms with Gasteiger partial charge >= 0.3 is 0 Å². The van der Waals surface area contributed by atoms with E-state index in [2.05, 4.69) is 20.5 Å². The van der Waals surface area contributed by atoms with E-state index in [1.165, 1.54) is 0 Å². The lowest BCUT2D eigenvalue weighted by atomic mass is 9.77. The molecule has 8 nitrogen and oxygen atoms in total. The first kappa shape index (κ1) is 16.5. The molecule has 3 heterocycles. The molecule has 2 fully saturated rings. The average Bonchev–Trinajstić information content (AvgIpc) is 3.37. The number of ether oxygens (including phenoxy) is 2. The fraction of sp³-hybridized carbons (Fsp3) is 0.421. The van der Waals surface area contributed by atoms with Crippen molar-refractivity contribution in [2.24, 2.45) is 5.18 Å². The van der Waals surface area contributed by atoms with Gasteiger partial charge in [-0.1, -0.05) is 22.5 Å². The van der Waals surface area contributed by atoms with Crippen LogP contribution in [0, 0.1) is 4.91 Å². The molecule has 1 saturated carbocycles. The summed E-state index contributed by atoms with van der Waals surface area (Å²) in [5, 5.41) is 11.9. The Balaban J connectivity index is 1.43. The molecule has 0 amide bonds. The van der Waals surface area contributed by atoms with Crippen LogP contribution in [0.15, 0.2) is 47.8 Å². The largest absolute Gasteiger partial charge is 0.348 e. The predicted octanol–water partition coefficient (Wildman–Crippen LogP) is 3.09. The van der Waals surface area contributed by atoms with E-state index in [4.69, 9.17) is 9.47 Å². The van der Waals surface area contributed by atoms with E-state index in [-0.39, 0.29) is 0 Å². The smallest absolute Gasteiger partial charge is 0.168 e. The van der Waals surface area contributed by atoms with Gasteiger partial charge in [0.15, 0.2) is 5.79 Å². The Morgan fingerprint density at radius 3 is 2.48 bits per heavy atom. The minimum atomic E-state index is -0.830. The van der Waals surface area contributed by atoms with Crippen molar-refractivity contribution in [3.8, 4) is 5.69 Å². The van der Waals surface area contributed by atoms with Crippen LogP contribution in [0.3, 0.4) is 0 Å². The van der Waals surface area contributed by atoms with Gasteiger partial charge in [-0.3, -0.25) is 4.98 Å². The number of nitroso groups, excluding NO2 is 1. The van der Waals surface area contributed by atoms with Crippen LogP contribution in [0.1, 0.15) is 31.4 Å². The zero-order valence-corrected chi connectivity index (χ0v) is 14.7. The lowest BCUT2D eigenvalue weighted by Gasteiger charge is -2.39. The van der Waals surface area contributed by atoms with Gasteiger partial charge in [0.2, 0.25) is 0 Å². The molecular formula is C19H19N5O3. The highest BCUT2D eigenvalue weighted by Gasteiger charge is 2.48. The van der Waals surface area contributed by atoms with Gasteiger partial charge in [-0.2, -0.15) is 0 Å². The molecule has 2 aliphatic rings. The van der Waals surface area contributed by atoms with Crippen molar-refractivity contribution in [3.05, 3.63) is 53.2 Å². The van der Waals surface area contributed by atoms with Gasteiger partial charge in [0, 0.05) is 12.8 Å². The number of pyridine rings is 1. The molecule has 5 rings (SSSR count). The number of para-hydroxylation sites is 1. The summed E-state index contributed by atoms with van der Waals surface area (Å²) in [5.41, 5.74) is 2.37. The molecule has 1 aliphatic heterocycles. The summed E-state index contributed by atoms with van der Waals surface area (Å²) < 4.78 is 13.3. The maximum Gasteiger partial charge on any atom is 0.168 e. The van der Waals surface area contributed by atoms with Gasteiger partial charge in [-0.15, -0.1) is 10.0 Å². The van der Waals surface area contributed by atoms with Crippen molar-refractivity contribution >= 4 is 11.0 Å². The maximum absolute atomic E-state index is 11.8. The van der Waals surface area contributed by atoms with Gasteiger partial charge in [0.25, 0.3) is 0 Å². The summed E-state index contributed by atoms with van der Waals surface area (Å²) in [4.78, 5) is 16.3. The molecule has 1 aliphatic carbocycles. The first-order valence-electron chi connectivity index (χ1n) is 9.14. The van der Waals surface area contributed by atoms with Crippen LogP contribution >= 0.6 is 0 Å². The highest BCUT2D eigenvalue weighted by Crippen LogP contribution is 2.46. The van der Waals surface area contributed by atoms with Crippen LogP contribution in [0.4, 0.5) is 0 Å². The van der Waals surface area contributed by atoms with Crippen LogP contribution in [-0.2, 0) is 15.0 Å². The molecule has 0 N–H and O–H groups in total. The van der Waals surface area contributed by atoms with Crippen molar-refractivity contribution in [1.29, 1.82) is 0 Å². The van der Waals surface area contributed by atoms with Gasteiger partial charge in [0.1, 0.15) is 11.1 Å². The Hall–Kier alpha value is -2.71. The molecule has 1 saturated heterocycles. The van der Waals surface area contributed by atoms with Crippen molar-refractivity contribution in [2.75, 3.05) is 13.2 Å². The molecule has 0 unspecified atom stereocenters. The van der Waals surface area contributed by atoms with Crippen molar-refractivity contribution in [2.45, 2.75) is 37.0 Å². The fourth-order valence-electron chi connectivity index (χ4n) is 4.07. The third kappa shape index (κ3) is 2.64. The van der Waals surface area contributed by atoms with Crippen LogP contribution in [0.2, 0.25) is 0 Å². The van der Waals surface area contributed by atoms with Gasteiger partial charge in [0.05, 0.1) is 36.3 Å². The minimum absolute atomic E-state index is 0.534. The number of nitrogens with zero attached hydrogens (tertiary/aromatic N) is 5. The normalized spacial score (nSPS) is 20.9. The molecule has 27 heavy (non-hydrogen) atoms. The van der Waals surface area contributed by atoms with E-state index in [1.54, 1.807) is 10.9 Å².